The van der Waals surface area contributed by atoms with Crippen molar-refractivity contribution in [1.82, 2.24) is 4.90 Å². The van der Waals surface area contributed by atoms with Crippen molar-refractivity contribution in [2.24, 2.45) is 0 Å². The number of anilines is 1. The summed E-state index contributed by atoms with van der Waals surface area (Å²) in [6.45, 7) is 3.97. The lowest BCUT2D eigenvalue weighted by Gasteiger charge is -2.23. The maximum absolute atomic E-state index is 12.7. The van der Waals surface area contributed by atoms with E-state index in [9.17, 15) is 4.79 Å². The molecule has 0 spiro atoms. The van der Waals surface area contributed by atoms with Gasteiger partial charge in [0.2, 0.25) is 0 Å². The van der Waals surface area contributed by atoms with Crippen molar-refractivity contribution in [2.75, 3.05) is 11.9 Å². The van der Waals surface area contributed by atoms with Gasteiger partial charge in [-0.3, -0.25) is 0 Å². The van der Waals surface area contributed by atoms with Crippen molar-refractivity contribution in [1.29, 1.82) is 0 Å². The van der Waals surface area contributed by atoms with Crippen LogP contribution in [0.5, 0.6) is 5.75 Å². The minimum atomic E-state index is -0.0749. The van der Waals surface area contributed by atoms with Crippen LogP contribution in [0.1, 0.15) is 30.9 Å². The van der Waals surface area contributed by atoms with Crippen LogP contribution >= 0.6 is 0 Å². The SMILES string of the molecule is CCCCN(Cc1ccc(OCc2ccccc2)cc1)C(=O)Nc1ccccc1. The zero-order valence-corrected chi connectivity index (χ0v) is 16.9. The van der Waals surface area contributed by atoms with Crippen LogP contribution < -0.4 is 10.1 Å². The van der Waals surface area contributed by atoms with Crippen LogP contribution in [0, 0.1) is 0 Å². The molecule has 0 radical (unpaired) electrons. The van der Waals surface area contributed by atoms with Gasteiger partial charge >= 0.3 is 6.03 Å². The zero-order valence-electron chi connectivity index (χ0n) is 16.9. The summed E-state index contributed by atoms with van der Waals surface area (Å²) in [5, 5.41) is 2.98. The molecule has 2 amide bonds. The maximum atomic E-state index is 12.7. The lowest BCUT2D eigenvalue weighted by Crippen LogP contribution is -2.35. The standard InChI is InChI=1S/C25H28N2O2/c1-2-3-18-27(25(28)26-23-12-8-5-9-13-23)19-21-14-16-24(17-15-21)29-20-22-10-6-4-7-11-22/h4-17H,2-3,18-20H2,1H3,(H,26,28). The minimum absolute atomic E-state index is 0.0749. The normalized spacial score (nSPS) is 10.4. The second-order valence-electron chi connectivity index (χ2n) is 6.99. The number of benzene rings is 3. The Morgan fingerprint density at radius 3 is 2.17 bits per heavy atom. The fraction of sp³-hybridized carbons (Fsp3) is 0.240. The predicted molar refractivity (Wildman–Crippen MR) is 118 cm³/mol. The van der Waals surface area contributed by atoms with E-state index in [-0.39, 0.29) is 6.03 Å². The van der Waals surface area contributed by atoms with E-state index < -0.39 is 0 Å². The molecule has 3 aromatic carbocycles. The molecule has 0 saturated heterocycles. The van der Waals surface area contributed by atoms with Crippen LogP contribution in [0.4, 0.5) is 10.5 Å². The number of para-hydroxylation sites is 1. The van der Waals surface area contributed by atoms with Crippen molar-refractivity contribution in [3.63, 3.8) is 0 Å². The molecular formula is C25H28N2O2. The Bertz CT molecular complexity index is 864. The minimum Gasteiger partial charge on any atom is -0.489 e. The Hall–Kier alpha value is -3.27. The van der Waals surface area contributed by atoms with Gasteiger partial charge in [-0.1, -0.05) is 74.0 Å². The van der Waals surface area contributed by atoms with Crippen LogP contribution in [0.3, 0.4) is 0 Å². The van der Waals surface area contributed by atoms with Gasteiger partial charge in [-0.05, 0) is 41.8 Å². The summed E-state index contributed by atoms with van der Waals surface area (Å²) in [6, 6.07) is 27.6. The Morgan fingerprint density at radius 1 is 0.862 bits per heavy atom. The number of unbranched alkanes of at least 4 members (excludes halogenated alkanes) is 1. The van der Waals surface area contributed by atoms with Gasteiger partial charge in [-0.2, -0.15) is 0 Å². The molecule has 0 aliphatic rings. The number of hydrogen-bond donors (Lipinski definition) is 1. The Kier molecular flexibility index (Phi) is 7.70. The number of ether oxygens (including phenoxy) is 1. The van der Waals surface area contributed by atoms with Gasteiger partial charge < -0.3 is 15.0 Å². The fourth-order valence-corrected chi connectivity index (χ4v) is 2.98. The number of nitrogens with zero attached hydrogens (tertiary/aromatic N) is 1. The third-order valence-electron chi connectivity index (χ3n) is 4.64. The van der Waals surface area contributed by atoms with Gasteiger partial charge in [0.1, 0.15) is 12.4 Å². The highest BCUT2D eigenvalue weighted by atomic mass is 16.5. The van der Waals surface area contributed by atoms with Gasteiger partial charge in [0.05, 0.1) is 0 Å². The van der Waals surface area contributed by atoms with Crippen LogP contribution in [0.15, 0.2) is 84.9 Å². The summed E-state index contributed by atoms with van der Waals surface area (Å²) < 4.78 is 5.85. The highest BCUT2D eigenvalue weighted by Crippen LogP contribution is 2.17. The Labute approximate surface area is 173 Å². The van der Waals surface area contributed by atoms with Crippen molar-refractivity contribution in [3.8, 4) is 5.75 Å². The molecule has 0 atom stereocenters. The smallest absolute Gasteiger partial charge is 0.322 e. The highest BCUT2D eigenvalue weighted by molar-refractivity contribution is 5.89. The van der Waals surface area contributed by atoms with E-state index in [2.05, 4.69) is 12.2 Å². The molecule has 0 aliphatic heterocycles. The first-order valence-electron chi connectivity index (χ1n) is 10.1. The van der Waals surface area contributed by atoms with E-state index in [4.69, 9.17) is 4.74 Å². The summed E-state index contributed by atoms with van der Waals surface area (Å²) in [6.07, 6.45) is 2.02. The van der Waals surface area contributed by atoms with E-state index >= 15 is 0 Å². The van der Waals surface area contributed by atoms with E-state index in [0.717, 1.165) is 42.0 Å². The third kappa shape index (κ3) is 6.68. The summed E-state index contributed by atoms with van der Waals surface area (Å²) in [5.74, 6) is 0.825. The van der Waals surface area contributed by atoms with Crippen molar-refractivity contribution in [3.05, 3.63) is 96.1 Å². The third-order valence-corrected chi connectivity index (χ3v) is 4.64. The number of carbonyl (C=O) groups is 1. The molecule has 0 fully saturated rings. The molecule has 1 N–H and O–H groups in total. The van der Waals surface area contributed by atoms with E-state index in [1.807, 2.05) is 89.8 Å². The van der Waals surface area contributed by atoms with Crippen LogP contribution in [0.25, 0.3) is 0 Å². The Morgan fingerprint density at radius 2 is 1.52 bits per heavy atom. The molecular weight excluding hydrogens is 360 g/mol. The van der Waals surface area contributed by atoms with Gasteiger partial charge in [0.15, 0.2) is 0 Å². The lowest BCUT2D eigenvalue weighted by atomic mass is 10.2. The van der Waals surface area contributed by atoms with Crippen molar-refractivity contribution < 1.29 is 9.53 Å². The van der Waals surface area contributed by atoms with Gasteiger partial charge in [0, 0.05) is 18.8 Å². The maximum Gasteiger partial charge on any atom is 0.322 e. The van der Waals surface area contributed by atoms with Crippen molar-refractivity contribution in [2.45, 2.75) is 32.9 Å². The molecule has 3 rings (SSSR count). The molecule has 0 heterocycles. The summed E-state index contributed by atoms with van der Waals surface area (Å²) in [5.41, 5.74) is 3.03. The molecule has 0 unspecified atom stereocenters. The molecule has 0 aliphatic carbocycles. The average Bonchev–Trinajstić information content (AvgIpc) is 2.77. The molecule has 3 aromatic rings. The van der Waals surface area contributed by atoms with E-state index in [0.29, 0.717) is 13.2 Å². The van der Waals surface area contributed by atoms with Crippen LogP contribution in [-0.2, 0) is 13.2 Å². The van der Waals surface area contributed by atoms with Gasteiger partial charge in [-0.25, -0.2) is 4.79 Å². The van der Waals surface area contributed by atoms with E-state index in [1.165, 1.54) is 0 Å². The first-order chi connectivity index (χ1) is 14.2. The molecule has 0 saturated carbocycles. The van der Waals surface area contributed by atoms with Crippen LogP contribution in [0.2, 0.25) is 0 Å². The molecule has 4 nitrogen and oxygen atoms in total. The number of rotatable bonds is 9. The van der Waals surface area contributed by atoms with Crippen LogP contribution in [-0.4, -0.2) is 17.5 Å². The molecule has 4 heteroatoms. The monoisotopic (exact) mass is 388 g/mol. The van der Waals surface area contributed by atoms with Crippen molar-refractivity contribution >= 4 is 11.7 Å². The zero-order chi connectivity index (χ0) is 20.3. The molecule has 0 bridgehead atoms. The summed E-state index contributed by atoms with van der Waals surface area (Å²) >= 11 is 0. The largest absolute Gasteiger partial charge is 0.489 e. The second kappa shape index (κ2) is 10.9. The molecule has 150 valence electrons. The highest BCUT2D eigenvalue weighted by Gasteiger charge is 2.14. The van der Waals surface area contributed by atoms with Gasteiger partial charge in [-0.15, -0.1) is 0 Å². The number of urea groups is 1. The first-order valence-corrected chi connectivity index (χ1v) is 10.1. The number of nitrogens with one attached hydrogen (secondary N) is 1. The second-order valence-corrected chi connectivity index (χ2v) is 6.99. The fourth-order valence-electron chi connectivity index (χ4n) is 2.98. The lowest BCUT2D eigenvalue weighted by molar-refractivity contribution is 0.208. The quantitative estimate of drug-likeness (QED) is 0.481. The number of amides is 2. The number of hydrogen-bond acceptors (Lipinski definition) is 2. The van der Waals surface area contributed by atoms with Gasteiger partial charge in [0.25, 0.3) is 0 Å². The Balaban J connectivity index is 1.58. The number of carbonyl (C=O) groups excluding carboxylic acids is 1. The molecule has 29 heavy (non-hydrogen) atoms. The summed E-state index contributed by atoms with van der Waals surface area (Å²) in [4.78, 5) is 14.6. The topological polar surface area (TPSA) is 41.6 Å². The van der Waals surface area contributed by atoms with E-state index in [1.54, 1.807) is 0 Å². The molecule has 0 aromatic heterocycles. The first kappa shape index (κ1) is 20.5. The summed E-state index contributed by atoms with van der Waals surface area (Å²) in [7, 11) is 0. The average molecular weight is 389 g/mol. The predicted octanol–water partition coefficient (Wildman–Crippen LogP) is 6.10.